The lowest BCUT2D eigenvalue weighted by Crippen LogP contribution is -2.07. The summed E-state index contributed by atoms with van der Waals surface area (Å²) in [7, 11) is 0. The number of hydrogen-bond acceptors (Lipinski definition) is 0. The Morgan fingerprint density at radius 1 is 0.895 bits per heavy atom. The van der Waals surface area contributed by atoms with E-state index >= 15 is 0 Å². The van der Waals surface area contributed by atoms with Gasteiger partial charge in [-0.05, 0) is 25.7 Å². The van der Waals surface area contributed by atoms with E-state index in [1.54, 1.807) is 10.6 Å². The minimum atomic E-state index is -0.334. The maximum Gasteiger partial charge on any atom is 0.262 e. The molecule has 0 radical (unpaired) electrons. The van der Waals surface area contributed by atoms with E-state index in [-0.39, 0.29) is 14.1 Å². The number of unbranched alkanes of at least 4 members (excludes halogenated alkanes) is 4. The molecule has 2 atom stereocenters. The molecule has 0 aromatic rings. The highest BCUT2D eigenvalue weighted by molar-refractivity contribution is 6.59. The molecule has 0 N–H and O–H groups in total. The summed E-state index contributed by atoms with van der Waals surface area (Å²) in [4.78, 5) is 0. The zero-order chi connectivity index (χ0) is 13.9. The van der Waals surface area contributed by atoms with Crippen molar-refractivity contribution in [2.75, 3.05) is 0 Å². The van der Waals surface area contributed by atoms with E-state index in [4.69, 9.17) is 0 Å². The molecule has 108 valence electrons. The third-order valence-corrected chi connectivity index (χ3v) is 8.68. The van der Waals surface area contributed by atoms with Gasteiger partial charge in [-0.3, -0.25) is 0 Å². The minimum Gasteiger partial charge on any atom is -0.103 e. The van der Waals surface area contributed by atoms with E-state index in [9.17, 15) is 0 Å². The predicted molar refractivity (Wildman–Crippen MR) is 90.2 cm³/mol. The van der Waals surface area contributed by atoms with Gasteiger partial charge in [-0.2, -0.15) is 0 Å². The molecule has 1 heteroatoms. The number of allylic oxidation sites excluding steroid dienone is 2. The highest BCUT2D eigenvalue weighted by Crippen LogP contribution is 2.40. The summed E-state index contributed by atoms with van der Waals surface area (Å²) >= 11 is -0.334. The lowest BCUT2D eigenvalue weighted by molar-refractivity contribution is 0.345. The molecule has 0 bridgehead atoms. The van der Waals surface area contributed by atoms with Crippen molar-refractivity contribution in [2.24, 2.45) is 11.8 Å². The van der Waals surface area contributed by atoms with Gasteiger partial charge in [-0.25, -0.2) is 0 Å². The van der Waals surface area contributed by atoms with Crippen molar-refractivity contribution in [3.63, 3.8) is 0 Å². The standard InChI is InChI=1S/C16H28.C2H5.Al/c1-5-7-9-11-13-15(3)16(4)14-12-10-8-6-2;1-2;/h5-6,15-16H,1-4,7-14H2;1H2,2H3;. The van der Waals surface area contributed by atoms with Crippen LogP contribution in [0.4, 0.5) is 0 Å². The Hall–Kier alpha value is 0.0125. The van der Waals surface area contributed by atoms with E-state index in [2.05, 4.69) is 32.2 Å². The second-order valence-corrected chi connectivity index (χ2v) is 9.90. The van der Waals surface area contributed by atoms with Crippen LogP contribution in [0.2, 0.25) is 15.8 Å². The molecule has 0 aliphatic carbocycles. The highest BCUT2D eigenvalue weighted by atomic mass is 27.2. The van der Waals surface area contributed by atoms with E-state index in [1.807, 2.05) is 0 Å². The topological polar surface area (TPSA) is 0 Å². The summed E-state index contributed by atoms with van der Waals surface area (Å²) in [5, 5.41) is 4.83. The summed E-state index contributed by atoms with van der Waals surface area (Å²) < 4.78 is 0. The van der Waals surface area contributed by atoms with Gasteiger partial charge in [0.15, 0.2) is 0 Å². The zero-order valence-electron chi connectivity index (χ0n) is 13.1. The maximum atomic E-state index is 3.83. The Morgan fingerprint density at radius 2 is 1.37 bits per heavy atom. The third kappa shape index (κ3) is 6.83. The molecular weight excluding hydrogens is 243 g/mol. The molecule has 0 spiro atoms. The molecule has 1 heterocycles. The van der Waals surface area contributed by atoms with Crippen molar-refractivity contribution in [3.05, 3.63) is 25.3 Å². The molecule has 1 aliphatic rings. The van der Waals surface area contributed by atoms with Crippen LogP contribution in [-0.4, -0.2) is 14.1 Å². The average Bonchev–Trinajstić information content (AvgIpc) is 2.82. The predicted octanol–water partition coefficient (Wildman–Crippen LogP) is 6.24. The second kappa shape index (κ2) is 10.8. The van der Waals surface area contributed by atoms with Crippen LogP contribution in [0.5, 0.6) is 0 Å². The molecule has 0 aromatic heterocycles. The monoisotopic (exact) mass is 276 g/mol. The van der Waals surface area contributed by atoms with Gasteiger partial charge >= 0.3 is 0 Å². The van der Waals surface area contributed by atoms with Crippen LogP contribution in [0.1, 0.15) is 58.3 Å². The van der Waals surface area contributed by atoms with Gasteiger partial charge < -0.3 is 0 Å². The van der Waals surface area contributed by atoms with Gasteiger partial charge in [0.25, 0.3) is 14.1 Å². The quantitative estimate of drug-likeness (QED) is 0.238. The average molecular weight is 276 g/mol. The Balaban J connectivity index is 2.27. The summed E-state index contributed by atoms with van der Waals surface area (Å²) in [6.07, 6.45) is 15.2. The van der Waals surface area contributed by atoms with Gasteiger partial charge in [0.1, 0.15) is 0 Å². The fourth-order valence-electron chi connectivity index (χ4n) is 3.77. The molecule has 1 aliphatic heterocycles. The first-order valence-corrected chi connectivity index (χ1v) is 11.0. The lowest BCUT2D eigenvalue weighted by atomic mass is 9.87. The Bertz CT molecular complexity index is 222. The molecule has 0 amide bonds. The molecule has 2 unspecified atom stereocenters. The van der Waals surface area contributed by atoms with Crippen molar-refractivity contribution >= 4 is 14.1 Å². The number of rotatable bonds is 11. The van der Waals surface area contributed by atoms with Crippen molar-refractivity contribution in [3.8, 4) is 0 Å². The SMILES string of the molecule is C=CCCCCC1[CH2][Al]([CH2]C)[CH2]C1CCCCC=C. The van der Waals surface area contributed by atoms with Gasteiger partial charge in [0, 0.05) is 0 Å². The van der Waals surface area contributed by atoms with Crippen molar-refractivity contribution in [1.82, 2.24) is 0 Å². The lowest BCUT2D eigenvalue weighted by Gasteiger charge is -2.20. The van der Waals surface area contributed by atoms with Gasteiger partial charge in [0.2, 0.25) is 0 Å². The van der Waals surface area contributed by atoms with E-state index in [0.29, 0.717) is 0 Å². The van der Waals surface area contributed by atoms with E-state index < -0.39 is 0 Å². The largest absolute Gasteiger partial charge is 0.262 e. The van der Waals surface area contributed by atoms with Crippen molar-refractivity contribution in [1.29, 1.82) is 0 Å². The highest BCUT2D eigenvalue weighted by Gasteiger charge is 2.35. The summed E-state index contributed by atoms with van der Waals surface area (Å²) in [6, 6.07) is 0. The van der Waals surface area contributed by atoms with Crippen molar-refractivity contribution < 1.29 is 0 Å². The first-order valence-electron chi connectivity index (χ1n) is 8.53. The van der Waals surface area contributed by atoms with Crippen LogP contribution < -0.4 is 0 Å². The smallest absolute Gasteiger partial charge is 0.103 e. The molecule has 0 nitrogen and oxygen atoms in total. The Labute approximate surface area is 125 Å². The van der Waals surface area contributed by atoms with Crippen LogP contribution in [0.15, 0.2) is 25.3 Å². The van der Waals surface area contributed by atoms with E-state index in [0.717, 1.165) is 11.8 Å². The van der Waals surface area contributed by atoms with Crippen LogP contribution in [-0.2, 0) is 0 Å². The molecular formula is C18H33Al. The molecule has 1 rings (SSSR count). The molecule has 0 saturated carbocycles. The summed E-state index contributed by atoms with van der Waals surface area (Å²) in [6.45, 7) is 10.1. The maximum absolute atomic E-state index is 3.83. The van der Waals surface area contributed by atoms with Crippen LogP contribution in [0.3, 0.4) is 0 Å². The Kier molecular flexibility index (Phi) is 9.66. The van der Waals surface area contributed by atoms with Crippen LogP contribution in [0.25, 0.3) is 0 Å². The van der Waals surface area contributed by atoms with Crippen molar-refractivity contribution in [2.45, 2.75) is 74.1 Å². The third-order valence-electron chi connectivity index (χ3n) is 4.98. The summed E-state index contributed by atoms with van der Waals surface area (Å²) in [5.74, 6) is 2.18. The molecule has 1 saturated heterocycles. The number of hydrogen-bond donors (Lipinski definition) is 0. The molecule has 0 aromatic carbocycles. The van der Waals surface area contributed by atoms with Crippen LogP contribution >= 0.6 is 0 Å². The molecule has 19 heavy (non-hydrogen) atoms. The van der Waals surface area contributed by atoms with Gasteiger partial charge in [-0.15, -0.1) is 13.2 Å². The zero-order valence-corrected chi connectivity index (χ0v) is 14.2. The van der Waals surface area contributed by atoms with Crippen LogP contribution in [0, 0.1) is 11.8 Å². The van der Waals surface area contributed by atoms with Gasteiger partial charge in [0.05, 0.1) is 0 Å². The first kappa shape index (κ1) is 17.1. The molecule has 1 fully saturated rings. The normalized spacial score (nSPS) is 22.7. The fourth-order valence-corrected chi connectivity index (χ4v) is 7.58. The first-order chi connectivity index (χ1) is 9.31. The van der Waals surface area contributed by atoms with Gasteiger partial charge in [-0.1, -0.05) is 72.4 Å². The Morgan fingerprint density at radius 3 is 1.74 bits per heavy atom. The minimum absolute atomic E-state index is 0.334. The summed E-state index contributed by atoms with van der Waals surface area (Å²) in [5.41, 5.74) is 0. The second-order valence-electron chi connectivity index (χ2n) is 6.41. The van der Waals surface area contributed by atoms with E-state index in [1.165, 1.54) is 56.6 Å². The fraction of sp³-hybridized carbons (Fsp3) is 0.778.